The van der Waals surface area contributed by atoms with Crippen LogP contribution in [0.2, 0.25) is 0 Å². The summed E-state index contributed by atoms with van der Waals surface area (Å²) in [5.41, 5.74) is 1.83. The molecule has 3 N–H and O–H groups in total. The van der Waals surface area contributed by atoms with Crippen LogP contribution in [0.1, 0.15) is 26.3 Å². The molecule has 0 atom stereocenters. The zero-order valence-corrected chi connectivity index (χ0v) is 15.2. The summed E-state index contributed by atoms with van der Waals surface area (Å²) in [6, 6.07) is 21.6. The zero-order chi connectivity index (χ0) is 20.8. The standard InChI is InChI=1S/C23H17NO5/c25-21(16-8-2-1-3-9-16)24-20(23(28)29)14-15-7-6-10-17(13-15)18-11-4-5-12-19(18)22(26)27/h1-14H,(H,24,25)(H,26,27)(H,28,29)/b20-14+. The first-order valence-electron chi connectivity index (χ1n) is 8.70. The fourth-order valence-corrected chi connectivity index (χ4v) is 2.82. The third kappa shape index (κ3) is 4.75. The van der Waals surface area contributed by atoms with Crippen molar-refractivity contribution in [1.29, 1.82) is 0 Å². The number of carboxylic acids is 2. The molecule has 0 heterocycles. The molecule has 3 aromatic carbocycles. The normalized spacial score (nSPS) is 11.0. The molecule has 144 valence electrons. The highest BCUT2D eigenvalue weighted by Crippen LogP contribution is 2.25. The highest BCUT2D eigenvalue weighted by atomic mass is 16.4. The molecule has 3 rings (SSSR count). The molecule has 0 unspecified atom stereocenters. The number of carboxylic acid groups (broad SMARTS) is 2. The molecule has 0 fully saturated rings. The molecule has 0 aliphatic rings. The van der Waals surface area contributed by atoms with Gasteiger partial charge in [0.2, 0.25) is 0 Å². The first kappa shape index (κ1) is 19.6. The lowest BCUT2D eigenvalue weighted by Crippen LogP contribution is -2.27. The van der Waals surface area contributed by atoms with E-state index in [1.54, 1.807) is 72.8 Å². The van der Waals surface area contributed by atoms with Crippen molar-refractivity contribution in [3.05, 3.63) is 101 Å². The molecule has 0 saturated carbocycles. The second-order valence-corrected chi connectivity index (χ2v) is 6.16. The lowest BCUT2D eigenvalue weighted by molar-refractivity contribution is -0.132. The summed E-state index contributed by atoms with van der Waals surface area (Å²) in [4.78, 5) is 35.4. The molecule has 3 aromatic rings. The summed E-state index contributed by atoms with van der Waals surface area (Å²) in [5.74, 6) is -2.87. The lowest BCUT2D eigenvalue weighted by Gasteiger charge is -2.09. The molecule has 0 aromatic heterocycles. The summed E-state index contributed by atoms with van der Waals surface area (Å²) in [7, 11) is 0. The topological polar surface area (TPSA) is 104 Å². The molecule has 0 spiro atoms. The van der Waals surface area contributed by atoms with E-state index < -0.39 is 17.8 Å². The van der Waals surface area contributed by atoms with E-state index in [9.17, 15) is 24.6 Å². The Balaban J connectivity index is 1.94. The number of rotatable bonds is 6. The number of nitrogens with one attached hydrogen (secondary N) is 1. The number of aromatic carboxylic acids is 1. The van der Waals surface area contributed by atoms with Gasteiger partial charge in [0.15, 0.2) is 0 Å². The Bertz CT molecular complexity index is 1100. The summed E-state index contributed by atoms with van der Waals surface area (Å²) < 4.78 is 0. The van der Waals surface area contributed by atoms with Crippen molar-refractivity contribution < 1.29 is 24.6 Å². The average molecular weight is 387 g/mol. The second kappa shape index (κ2) is 8.67. The molecule has 0 radical (unpaired) electrons. The van der Waals surface area contributed by atoms with E-state index in [1.807, 2.05) is 0 Å². The molecule has 1 amide bonds. The summed E-state index contributed by atoms with van der Waals surface area (Å²) in [6.07, 6.45) is 1.33. The van der Waals surface area contributed by atoms with Gasteiger partial charge >= 0.3 is 11.9 Å². The largest absolute Gasteiger partial charge is 0.478 e. The first-order valence-corrected chi connectivity index (χ1v) is 8.70. The average Bonchev–Trinajstić information content (AvgIpc) is 2.74. The summed E-state index contributed by atoms with van der Waals surface area (Å²) in [5, 5.41) is 21.3. The van der Waals surface area contributed by atoms with Crippen molar-refractivity contribution in [3.63, 3.8) is 0 Å². The monoisotopic (exact) mass is 387 g/mol. The predicted octanol–water partition coefficient (Wildman–Crippen LogP) is 3.91. The molecule has 0 saturated heterocycles. The number of carbonyl (C=O) groups is 3. The first-order chi connectivity index (χ1) is 14.0. The van der Waals surface area contributed by atoms with Crippen LogP contribution < -0.4 is 5.32 Å². The van der Waals surface area contributed by atoms with E-state index in [-0.39, 0.29) is 11.3 Å². The molecule has 29 heavy (non-hydrogen) atoms. The van der Waals surface area contributed by atoms with Crippen molar-refractivity contribution in [2.24, 2.45) is 0 Å². The van der Waals surface area contributed by atoms with Crippen molar-refractivity contribution in [2.75, 3.05) is 0 Å². The number of hydrogen-bond acceptors (Lipinski definition) is 3. The van der Waals surface area contributed by atoms with Gasteiger partial charge in [-0.2, -0.15) is 0 Å². The van der Waals surface area contributed by atoms with Gasteiger partial charge in [-0.3, -0.25) is 4.79 Å². The van der Waals surface area contributed by atoms with Gasteiger partial charge in [-0.15, -0.1) is 0 Å². The number of benzene rings is 3. The van der Waals surface area contributed by atoms with E-state index in [0.717, 1.165) is 0 Å². The highest BCUT2D eigenvalue weighted by molar-refractivity contribution is 6.03. The molecular formula is C23H17NO5. The van der Waals surface area contributed by atoms with Crippen molar-refractivity contribution in [2.45, 2.75) is 0 Å². The van der Waals surface area contributed by atoms with Crippen LogP contribution in [0, 0.1) is 0 Å². The number of amides is 1. The molecule has 0 aliphatic carbocycles. The quantitative estimate of drug-likeness (QED) is 0.557. The Morgan fingerprint density at radius 3 is 2.17 bits per heavy atom. The maximum atomic E-state index is 12.3. The van der Waals surface area contributed by atoms with Gasteiger partial charge in [-0.1, -0.05) is 54.6 Å². The SMILES string of the molecule is O=C(O)/C(=C\c1cccc(-c2ccccc2C(=O)O)c1)NC(=O)c1ccccc1. The number of hydrogen-bond donors (Lipinski definition) is 3. The predicted molar refractivity (Wildman–Crippen MR) is 108 cm³/mol. The van der Waals surface area contributed by atoms with E-state index in [2.05, 4.69) is 5.32 Å². The molecule has 0 bridgehead atoms. The van der Waals surface area contributed by atoms with Gasteiger partial charge in [-0.25, -0.2) is 9.59 Å². The van der Waals surface area contributed by atoms with Gasteiger partial charge in [0.05, 0.1) is 5.56 Å². The molecular weight excluding hydrogens is 370 g/mol. The molecule has 0 aliphatic heterocycles. The van der Waals surface area contributed by atoms with Crippen LogP contribution >= 0.6 is 0 Å². The van der Waals surface area contributed by atoms with Gasteiger partial charge in [-0.05, 0) is 47.0 Å². The van der Waals surface area contributed by atoms with Gasteiger partial charge < -0.3 is 15.5 Å². The fraction of sp³-hybridized carbons (Fsp3) is 0. The van der Waals surface area contributed by atoms with Crippen LogP contribution in [0.5, 0.6) is 0 Å². The Morgan fingerprint density at radius 1 is 0.793 bits per heavy atom. The maximum Gasteiger partial charge on any atom is 0.352 e. The van der Waals surface area contributed by atoms with Crippen LogP contribution in [0.3, 0.4) is 0 Å². The minimum Gasteiger partial charge on any atom is -0.478 e. The minimum absolute atomic E-state index is 0.143. The number of carbonyl (C=O) groups excluding carboxylic acids is 1. The highest BCUT2D eigenvalue weighted by Gasteiger charge is 2.14. The van der Waals surface area contributed by atoms with E-state index in [0.29, 0.717) is 22.3 Å². The van der Waals surface area contributed by atoms with Crippen molar-refractivity contribution >= 4 is 23.9 Å². The van der Waals surface area contributed by atoms with Crippen molar-refractivity contribution in [3.8, 4) is 11.1 Å². The zero-order valence-electron chi connectivity index (χ0n) is 15.2. The lowest BCUT2D eigenvalue weighted by atomic mass is 9.98. The second-order valence-electron chi connectivity index (χ2n) is 6.16. The smallest absolute Gasteiger partial charge is 0.352 e. The molecule has 6 nitrogen and oxygen atoms in total. The van der Waals surface area contributed by atoms with E-state index >= 15 is 0 Å². The number of aliphatic carboxylic acids is 1. The summed E-state index contributed by atoms with van der Waals surface area (Å²) >= 11 is 0. The fourth-order valence-electron chi connectivity index (χ4n) is 2.82. The molecule has 6 heteroatoms. The van der Waals surface area contributed by atoms with Crippen LogP contribution in [0.15, 0.2) is 84.6 Å². The maximum absolute atomic E-state index is 12.3. The Morgan fingerprint density at radius 2 is 1.48 bits per heavy atom. The summed E-state index contributed by atoms with van der Waals surface area (Å²) in [6.45, 7) is 0. The minimum atomic E-state index is -1.29. The van der Waals surface area contributed by atoms with Gasteiger partial charge in [0.25, 0.3) is 5.91 Å². The Hall–Kier alpha value is -4.19. The third-order valence-electron chi connectivity index (χ3n) is 4.18. The van der Waals surface area contributed by atoms with E-state index in [4.69, 9.17) is 0 Å². The Labute approximate surface area is 166 Å². The van der Waals surface area contributed by atoms with Crippen LogP contribution in [-0.2, 0) is 4.79 Å². The van der Waals surface area contributed by atoms with Crippen LogP contribution in [0.4, 0.5) is 0 Å². The van der Waals surface area contributed by atoms with E-state index in [1.165, 1.54) is 12.1 Å². The van der Waals surface area contributed by atoms with Crippen LogP contribution in [0.25, 0.3) is 17.2 Å². The third-order valence-corrected chi connectivity index (χ3v) is 4.18. The van der Waals surface area contributed by atoms with Gasteiger partial charge in [0, 0.05) is 5.56 Å². The van der Waals surface area contributed by atoms with Crippen molar-refractivity contribution in [1.82, 2.24) is 5.32 Å². The van der Waals surface area contributed by atoms with Gasteiger partial charge in [0.1, 0.15) is 5.70 Å². The van der Waals surface area contributed by atoms with Crippen LogP contribution in [-0.4, -0.2) is 28.1 Å². The Kier molecular flexibility index (Phi) is 5.85.